The predicted octanol–water partition coefficient (Wildman–Crippen LogP) is 1.30. The highest BCUT2D eigenvalue weighted by molar-refractivity contribution is 7.13. The highest BCUT2D eigenvalue weighted by Gasteiger charge is 2.27. The average Bonchev–Trinajstić information content (AvgIpc) is 3.07. The Kier molecular flexibility index (Phi) is 3.70. The molecule has 1 aliphatic heterocycles. The van der Waals surface area contributed by atoms with Crippen molar-refractivity contribution in [1.29, 1.82) is 0 Å². The first-order chi connectivity index (χ1) is 9.20. The topological polar surface area (TPSA) is 56.7 Å². The van der Waals surface area contributed by atoms with Gasteiger partial charge in [-0.25, -0.2) is 4.98 Å². The van der Waals surface area contributed by atoms with Gasteiger partial charge in [0.25, 0.3) is 0 Å². The number of hydrogen-bond acceptors (Lipinski definition) is 5. The van der Waals surface area contributed by atoms with Gasteiger partial charge in [-0.3, -0.25) is 9.69 Å². The SMILES string of the molecule is O=C(O)Cc1csc(N2CCN(CC3CC3)CC2)n1. The molecule has 104 valence electrons. The Labute approximate surface area is 116 Å². The van der Waals surface area contributed by atoms with Crippen LogP contribution in [-0.4, -0.2) is 53.7 Å². The van der Waals surface area contributed by atoms with Crippen LogP contribution in [0.1, 0.15) is 18.5 Å². The van der Waals surface area contributed by atoms with Crippen molar-refractivity contribution >= 4 is 22.4 Å². The number of thiazole rings is 1. The van der Waals surface area contributed by atoms with Crippen molar-refractivity contribution in [1.82, 2.24) is 9.88 Å². The number of piperazine rings is 1. The van der Waals surface area contributed by atoms with Gasteiger partial charge in [-0.2, -0.15) is 0 Å². The Hall–Kier alpha value is -1.14. The summed E-state index contributed by atoms with van der Waals surface area (Å²) in [6.07, 6.45) is 2.84. The van der Waals surface area contributed by atoms with E-state index in [-0.39, 0.29) is 6.42 Å². The van der Waals surface area contributed by atoms with Crippen molar-refractivity contribution < 1.29 is 9.90 Å². The fourth-order valence-electron chi connectivity index (χ4n) is 2.46. The smallest absolute Gasteiger partial charge is 0.309 e. The van der Waals surface area contributed by atoms with Crippen molar-refractivity contribution in [3.05, 3.63) is 11.1 Å². The minimum Gasteiger partial charge on any atom is -0.481 e. The second-order valence-corrected chi connectivity index (χ2v) is 6.26. The van der Waals surface area contributed by atoms with E-state index < -0.39 is 5.97 Å². The largest absolute Gasteiger partial charge is 0.481 e. The first-order valence-electron chi connectivity index (χ1n) is 6.84. The molecule has 2 heterocycles. The lowest BCUT2D eigenvalue weighted by Gasteiger charge is -2.34. The Morgan fingerprint density at radius 3 is 2.74 bits per heavy atom. The van der Waals surface area contributed by atoms with Crippen LogP contribution in [0.25, 0.3) is 0 Å². The molecule has 1 N–H and O–H groups in total. The second kappa shape index (κ2) is 5.46. The maximum absolute atomic E-state index is 10.7. The number of aliphatic carboxylic acids is 1. The van der Waals surface area contributed by atoms with E-state index in [0.29, 0.717) is 5.69 Å². The summed E-state index contributed by atoms with van der Waals surface area (Å²) in [4.78, 5) is 19.9. The van der Waals surface area contributed by atoms with E-state index in [1.165, 1.54) is 19.4 Å². The van der Waals surface area contributed by atoms with Gasteiger partial charge < -0.3 is 10.0 Å². The molecule has 0 unspecified atom stereocenters. The minimum atomic E-state index is -0.814. The average molecular weight is 281 g/mol. The van der Waals surface area contributed by atoms with Gasteiger partial charge in [0.2, 0.25) is 0 Å². The zero-order chi connectivity index (χ0) is 13.2. The highest BCUT2D eigenvalue weighted by atomic mass is 32.1. The summed E-state index contributed by atoms with van der Waals surface area (Å²) >= 11 is 1.56. The van der Waals surface area contributed by atoms with Gasteiger partial charge in [-0.1, -0.05) is 0 Å². The van der Waals surface area contributed by atoms with Crippen molar-refractivity contribution in [3.8, 4) is 0 Å². The molecule has 1 saturated heterocycles. The molecule has 0 aromatic carbocycles. The van der Waals surface area contributed by atoms with E-state index >= 15 is 0 Å². The van der Waals surface area contributed by atoms with Crippen molar-refractivity contribution in [3.63, 3.8) is 0 Å². The lowest BCUT2D eigenvalue weighted by Crippen LogP contribution is -2.47. The van der Waals surface area contributed by atoms with Gasteiger partial charge in [0.1, 0.15) is 0 Å². The van der Waals surface area contributed by atoms with Crippen LogP contribution in [0.4, 0.5) is 5.13 Å². The monoisotopic (exact) mass is 281 g/mol. The summed E-state index contributed by atoms with van der Waals surface area (Å²) in [7, 11) is 0. The quantitative estimate of drug-likeness (QED) is 0.881. The predicted molar refractivity (Wildman–Crippen MR) is 74.8 cm³/mol. The number of carbonyl (C=O) groups is 1. The van der Waals surface area contributed by atoms with Gasteiger partial charge in [-0.05, 0) is 18.8 Å². The summed E-state index contributed by atoms with van der Waals surface area (Å²) in [6, 6.07) is 0. The van der Waals surface area contributed by atoms with Crippen molar-refractivity contribution in [2.45, 2.75) is 19.3 Å². The molecule has 0 atom stereocenters. The normalized spacial score (nSPS) is 20.7. The summed E-state index contributed by atoms with van der Waals surface area (Å²) in [5, 5.41) is 11.6. The zero-order valence-corrected chi connectivity index (χ0v) is 11.7. The summed E-state index contributed by atoms with van der Waals surface area (Å²) in [5.74, 6) is 0.139. The molecular weight excluding hydrogens is 262 g/mol. The Balaban J connectivity index is 1.52. The maximum Gasteiger partial charge on any atom is 0.309 e. The number of carboxylic acid groups (broad SMARTS) is 1. The van der Waals surface area contributed by atoms with E-state index in [0.717, 1.165) is 37.2 Å². The Morgan fingerprint density at radius 2 is 2.11 bits per heavy atom. The third-order valence-corrected chi connectivity index (χ3v) is 4.68. The molecule has 1 aromatic rings. The van der Waals surface area contributed by atoms with Gasteiger partial charge in [0.05, 0.1) is 12.1 Å². The van der Waals surface area contributed by atoms with Crippen LogP contribution in [-0.2, 0) is 11.2 Å². The van der Waals surface area contributed by atoms with Gasteiger partial charge in [0, 0.05) is 38.1 Å². The molecule has 0 amide bonds. The molecule has 0 bridgehead atoms. The number of rotatable bonds is 5. The minimum absolute atomic E-state index is 0.0259. The lowest BCUT2D eigenvalue weighted by molar-refractivity contribution is -0.136. The van der Waals surface area contributed by atoms with E-state index in [2.05, 4.69) is 14.8 Å². The third kappa shape index (κ3) is 3.45. The second-order valence-electron chi connectivity index (χ2n) is 5.42. The fourth-order valence-corrected chi connectivity index (χ4v) is 3.34. The lowest BCUT2D eigenvalue weighted by atomic mass is 10.3. The summed E-state index contributed by atoms with van der Waals surface area (Å²) in [5.41, 5.74) is 0.674. The van der Waals surface area contributed by atoms with Gasteiger partial charge in [-0.15, -0.1) is 11.3 Å². The van der Waals surface area contributed by atoms with E-state index in [1.807, 2.05) is 5.38 Å². The third-order valence-electron chi connectivity index (χ3n) is 3.73. The maximum atomic E-state index is 10.7. The number of anilines is 1. The van der Waals surface area contributed by atoms with Crippen molar-refractivity contribution in [2.75, 3.05) is 37.6 Å². The number of hydrogen-bond donors (Lipinski definition) is 1. The molecule has 1 aromatic heterocycles. The van der Waals surface area contributed by atoms with Crippen LogP contribution >= 0.6 is 11.3 Å². The van der Waals surface area contributed by atoms with Crippen LogP contribution in [0, 0.1) is 5.92 Å². The Morgan fingerprint density at radius 1 is 1.37 bits per heavy atom. The molecule has 2 aliphatic rings. The Bertz CT molecular complexity index is 450. The molecule has 6 heteroatoms. The molecule has 2 fully saturated rings. The molecule has 1 saturated carbocycles. The van der Waals surface area contributed by atoms with Crippen LogP contribution < -0.4 is 4.90 Å². The molecule has 3 rings (SSSR count). The van der Waals surface area contributed by atoms with Gasteiger partial charge >= 0.3 is 5.97 Å². The number of aromatic nitrogens is 1. The zero-order valence-electron chi connectivity index (χ0n) is 10.9. The summed E-state index contributed by atoms with van der Waals surface area (Å²) < 4.78 is 0. The summed E-state index contributed by atoms with van der Waals surface area (Å²) in [6.45, 7) is 5.48. The van der Waals surface area contributed by atoms with Crippen LogP contribution in [0.2, 0.25) is 0 Å². The van der Waals surface area contributed by atoms with E-state index in [4.69, 9.17) is 5.11 Å². The number of carboxylic acids is 1. The first-order valence-corrected chi connectivity index (χ1v) is 7.72. The van der Waals surface area contributed by atoms with Crippen LogP contribution in [0.15, 0.2) is 5.38 Å². The molecule has 0 spiro atoms. The van der Waals surface area contributed by atoms with Crippen LogP contribution in [0.3, 0.4) is 0 Å². The molecule has 0 radical (unpaired) electrons. The number of nitrogens with zero attached hydrogens (tertiary/aromatic N) is 3. The van der Waals surface area contributed by atoms with Crippen molar-refractivity contribution in [2.24, 2.45) is 5.92 Å². The molecular formula is C13H19N3O2S. The standard InChI is InChI=1S/C13H19N3O2S/c17-12(18)7-11-9-19-13(14-11)16-5-3-15(4-6-16)8-10-1-2-10/h9-10H,1-8H2,(H,17,18). The highest BCUT2D eigenvalue weighted by Crippen LogP contribution is 2.30. The molecule has 5 nitrogen and oxygen atoms in total. The molecule has 19 heavy (non-hydrogen) atoms. The van der Waals surface area contributed by atoms with Crippen LogP contribution in [0.5, 0.6) is 0 Å². The van der Waals surface area contributed by atoms with E-state index in [1.54, 1.807) is 11.3 Å². The first kappa shape index (κ1) is 12.9. The van der Waals surface area contributed by atoms with E-state index in [9.17, 15) is 4.79 Å². The fraction of sp³-hybridized carbons (Fsp3) is 0.692. The molecule has 1 aliphatic carbocycles. The van der Waals surface area contributed by atoms with Gasteiger partial charge in [0.15, 0.2) is 5.13 Å².